The Morgan fingerprint density at radius 3 is 2.71 bits per heavy atom. The Kier molecular flexibility index (Phi) is 5.35. The van der Waals surface area contributed by atoms with Crippen molar-refractivity contribution in [2.24, 2.45) is 5.73 Å². The minimum Gasteiger partial charge on any atom is -0.383 e. The summed E-state index contributed by atoms with van der Waals surface area (Å²) < 4.78 is 27.7. The summed E-state index contributed by atoms with van der Waals surface area (Å²) in [5, 5.41) is 0. The summed E-state index contributed by atoms with van der Waals surface area (Å²) >= 11 is 0. The molecule has 0 aromatic heterocycles. The van der Waals surface area contributed by atoms with Gasteiger partial charge in [0.2, 0.25) is 5.91 Å². The van der Waals surface area contributed by atoms with Crippen LogP contribution in [0.4, 0.5) is 0 Å². The molecular weight excluding hydrogens is 244 g/mol. The fourth-order valence-electron chi connectivity index (χ4n) is 1.99. The van der Waals surface area contributed by atoms with Gasteiger partial charge < -0.3 is 15.4 Å². The molecule has 0 aliphatic carbocycles. The lowest BCUT2D eigenvalue weighted by atomic mass is 10.2. The smallest absolute Gasteiger partial charge is 0.224 e. The van der Waals surface area contributed by atoms with E-state index in [9.17, 15) is 13.2 Å². The van der Waals surface area contributed by atoms with E-state index in [1.165, 1.54) is 0 Å². The Morgan fingerprint density at radius 2 is 2.24 bits per heavy atom. The summed E-state index contributed by atoms with van der Waals surface area (Å²) in [5.41, 5.74) is 5.35. The monoisotopic (exact) mass is 264 g/mol. The number of nitrogens with zero attached hydrogens (tertiary/aromatic N) is 1. The van der Waals surface area contributed by atoms with Crippen LogP contribution in [0.15, 0.2) is 0 Å². The Bertz CT molecular complexity index is 355. The molecule has 7 heteroatoms. The van der Waals surface area contributed by atoms with Gasteiger partial charge >= 0.3 is 0 Å². The van der Waals surface area contributed by atoms with Gasteiger partial charge in [-0.2, -0.15) is 0 Å². The van der Waals surface area contributed by atoms with Crippen molar-refractivity contribution < 1.29 is 17.9 Å². The predicted molar refractivity (Wildman–Crippen MR) is 64.3 cm³/mol. The fraction of sp³-hybridized carbons (Fsp3) is 0.900. The molecule has 0 aromatic carbocycles. The van der Waals surface area contributed by atoms with Crippen LogP contribution in [-0.4, -0.2) is 63.6 Å². The van der Waals surface area contributed by atoms with Gasteiger partial charge in [-0.3, -0.25) is 4.79 Å². The highest BCUT2D eigenvalue weighted by Gasteiger charge is 2.33. The predicted octanol–water partition coefficient (Wildman–Crippen LogP) is -1.00. The Hall–Kier alpha value is -0.660. The van der Waals surface area contributed by atoms with Gasteiger partial charge in [-0.15, -0.1) is 0 Å². The SMILES string of the molecule is COCCN(C(=O)CCN)C1CCS(=O)(=O)C1. The quantitative estimate of drug-likeness (QED) is 0.664. The summed E-state index contributed by atoms with van der Waals surface area (Å²) in [5.74, 6) is 0.135. The molecular formula is C10H20N2O4S. The number of carbonyl (C=O) groups is 1. The molecule has 1 fully saturated rings. The lowest BCUT2D eigenvalue weighted by Crippen LogP contribution is -2.43. The first-order valence-corrected chi connectivity index (χ1v) is 7.51. The van der Waals surface area contributed by atoms with E-state index >= 15 is 0 Å². The summed E-state index contributed by atoms with van der Waals surface area (Å²) in [6.07, 6.45) is 0.766. The van der Waals surface area contributed by atoms with Crippen molar-refractivity contribution in [1.29, 1.82) is 0 Å². The number of carbonyl (C=O) groups excluding carboxylic acids is 1. The normalized spacial score (nSPS) is 22.6. The molecule has 1 atom stereocenters. The van der Waals surface area contributed by atoms with Crippen molar-refractivity contribution in [1.82, 2.24) is 4.90 Å². The molecule has 0 radical (unpaired) electrons. The molecule has 0 bridgehead atoms. The molecule has 1 amide bonds. The number of sulfone groups is 1. The van der Waals surface area contributed by atoms with E-state index in [4.69, 9.17) is 10.5 Å². The van der Waals surface area contributed by atoms with Crippen LogP contribution in [0.2, 0.25) is 0 Å². The number of nitrogens with two attached hydrogens (primary N) is 1. The minimum absolute atomic E-state index is 0.0625. The van der Waals surface area contributed by atoms with Crippen LogP contribution in [0.3, 0.4) is 0 Å². The highest BCUT2D eigenvalue weighted by Crippen LogP contribution is 2.18. The lowest BCUT2D eigenvalue weighted by molar-refractivity contribution is -0.133. The van der Waals surface area contributed by atoms with Crippen LogP contribution >= 0.6 is 0 Å². The number of hydrogen-bond donors (Lipinski definition) is 1. The molecule has 17 heavy (non-hydrogen) atoms. The van der Waals surface area contributed by atoms with Gasteiger partial charge in [0.15, 0.2) is 9.84 Å². The minimum atomic E-state index is -2.98. The molecule has 1 saturated heterocycles. The van der Waals surface area contributed by atoms with Crippen molar-refractivity contribution in [2.75, 3.05) is 38.3 Å². The molecule has 0 spiro atoms. The Morgan fingerprint density at radius 1 is 1.53 bits per heavy atom. The number of rotatable bonds is 6. The molecule has 1 unspecified atom stereocenters. The van der Waals surface area contributed by atoms with Crippen molar-refractivity contribution in [3.8, 4) is 0 Å². The molecule has 1 rings (SSSR count). The maximum Gasteiger partial charge on any atom is 0.224 e. The second-order valence-corrected chi connectivity index (χ2v) is 6.40. The molecule has 100 valence electrons. The summed E-state index contributed by atoms with van der Waals surface area (Å²) in [6.45, 7) is 1.12. The van der Waals surface area contributed by atoms with Crippen LogP contribution in [0.25, 0.3) is 0 Å². The van der Waals surface area contributed by atoms with E-state index in [-0.39, 0.29) is 36.4 Å². The number of ether oxygens (including phenoxy) is 1. The lowest BCUT2D eigenvalue weighted by Gasteiger charge is -2.28. The number of hydrogen-bond acceptors (Lipinski definition) is 5. The maximum absolute atomic E-state index is 11.8. The van der Waals surface area contributed by atoms with Gasteiger partial charge in [-0.25, -0.2) is 8.42 Å². The van der Waals surface area contributed by atoms with E-state index in [1.807, 2.05) is 0 Å². The van der Waals surface area contributed by atoms with Gasteiger partial charge in [0.1, 0.15) is 0 Å². The Balaban J connectivity index is 2.66. The fourth-order valence-corrected chi connectivity index (χ4v) is 3.72. The van der Waals surface area contributed by atoms with Crippen LogP contribution in [-0.2, 0) is 19.4 Å². The molecule has 1 aliphatic heterocycles. The van der Waals surface area contributed by atoms with Crippen LogP contribution in [0.1, 0.15) is 12.8 Å². The summed E-state index contributed by atoms with van der Waals surface area (Å²) in [7, 11) is -1.43. The van der Waals surface area contributed by atoms with Gasteiger partial charge in [-0.1, -0.05) is 0 Å². The van der Waals surface area contributed by atoms with E-state index in [0.717, 1.165) is 0 Å². The van der Waals surface area contributed by atoms with Gasteiger partial charge in [0.05, 0.1) is 18.1 Å². The van der Waals surface area contributed by atoms with Crippen molar-refractivity contribution in [2.45, 2.75) is 18.9 Å². The standard InChI is InChI=1S/C10H20N2O4S/c1-16-6-5-12(10(13)2-4-11)9-3-7-17(14,15)8-9/h9H,2-8,11H2,1H3. The molecule has 6 nitrogen and oxygen atoms in total. The largest absolute Gasteiger partial charge is 0.383 e. The average molecular weight is 264 g/mol. The number of methoxy groups -OCH3 is 1. The zero-order valence-corrected chi connectivity index (χ0v) is 10.9. The second-order valence-electron chi connectivity index (χ2n) is 4.18. The molecule has 1 heterocycles. The van der Waals surface area contributed by atoms with E-state index in [1.54, 1.807) is 12.0 Å². The average Bonchev–Trinajstić information content (AvgIpc) is 2.60. The zero-order valence-electron chi connectivity index (χ0n) is 10.1. The van der Waals surface area contributed by atoms with Gasteiger partial charge in [0.25, 0.3) is 0 Å². The highest BCUT2D eigenvalue weighted by molar-refractivity contribution is 7.91. The van der Waals surface area contributed by atoms with E-state index in [0.29, 0.717) is 19.6 Å². The third kappa shape index (κ3) is 4.25. The second kappa shape index (κ2) is 6.32. The topological polar surface area (TPSA) is 89.7 Å². The Labute approximate surface area is 102 Å². The van der Waals surface area contributed by atoms with Gasteiger partial charge in [0, 0.05) is 32.7 Å². The van der Waals surface area contributed by atoms with Crippen LogP contribution in [0.5, 0.6) is 0 Å². The highest BCUT2D eigenvalue weighted by atomic mass is 32.2. The van der Waals surface area contributed by atoms with Crippen molar-refractivity contribution >= 4 is 15.7 Å². The summed E-state index contributed by atoms with van der Waals surface area (Å²) in [6, 6.07) is -0.214. The van der Waals surface area contributed by atoms with E-state index < -0.39 is 9.84 Å². The number of amides is 1. The molecule has 0 aromatic rings. The molecule has 2 N–H and O–H groups in total. The van der Waals surface area contributed by atoms with Crippen LogP contribution < -0.4 is 5.73 Å². The van der Waals surface area contributed by atoms with E-state index in [2.05, 4.69) is 0 Å². The van der Waals surface area contributed by atoms with Crippen molar-refractivity contribution in [3.05, 3.63) is 0 Å². The molecule has 1 aliphatic rings. The maximum atomic E-state index is 11.8. The first-order valence-electron chi connectivity index (χ1n) is 5.69. The van der Waals surface area contributed by atoms with Gasteiger partial charge in [-0.05, 0) is 6.42 Å². The summed E-state index contributed by atoms with van der Waals surface area (Å²) in [4.78, 5) is 13.4. The molecule has 0 saturated carbocycles. The first-order chi connectivity index (χ1) is 8.00. The third-order valence-corrected chi connectivity index (χ3v) is 4.61. The third-order valence-electron chi connectivity index (χ3n) is 2.86. The zero-order chi connectivity index (χ0) is 12.9. The first kappa shape index (κ1) is 14.4. The van der Waals surface area contributed by atoms with Crippen molar-refractivity contribution in [3.63, 3.8) is 0 Å². The van der Waals surface area contributed by atoms with Crippen LogP contribution in [0, 0.1) is 0 Å².